The number of nitro groups is 1. The molecule has 2 amide bonds. The molecular formula is C24H17BrN4O6. The molecule has 4 aromatic rings. The number of benzene rings is 3. The van der Waals surface area contributed by atoms with Gasteiger partial charge in [0.15, 0.2) is 12.4 Å². The van der Waals surface area contributed by atoms with Gasteiger partial charge in [0, 0.05) is 23.2 Å². The highest BCUT2D eigenvalue weighted by molar-refractivity contribution is 9.10. The number of rotatable bonds is 8. The van der Waals surface area contributed by atoms with E-state index in [1.54, 1.807) is 30.3 Å². The van der Waals surface area contributed by atoms with Crippen LogP contribution in [0, 0.1) is 10.1 Å². The average molecular weight is 537 g/mol. The van der Waals surface area contributed by atoms with E-state index < -0.39 is 10.8 Å². The van der Waals surface area contributed by atoms with E-state index in [2.05, 4.69) is 31.8 Å². The lowest BCUT2D eigenvalue weighted by molar-refractivity contribution is -0.384. The van der Waals surface area contributed by atoms with E-state index in [-0.39, 0.29) is 24.0 Å². The lowest BCUT2D eigenvalue weighted by atomic mass is 10.2. The Labute approximate surface area is 206 Å². The van der Waals surface area contributed by atoms with Gasteiger partial charge in [-0.3, -0.25) is 19.7 Å². The predicted octanol–water partition coefficient (Wildman–Crippen LogP) is 4.88. The van der Waals surface area contributed by atoms with E-state index in [4.69, 9.17) is 9.15 Å². The van der Waals surface area contributed by atoms with Crippen LogP contribution in [0.5, 0.6) is 5.75 Å². The third-order valence-corrected chi connectivity index (χ3v) is 5.31. The van der Waals surface area contributed by atoms with Crippen molar-refractivity contribution in [1.29, 1.82) is 0 Å². The second-order valence-corrected chi connectivity index (χ2v) is 8.04. The van der Waals surface area contributed by atoms with Crippen molar-refractivity contribution in [2.75, 3.05) is 11.9 Å². The second kappa shape index (κ2) is 10.6. The summed E-state index contributed by atoms with van der Waals surface area (Å²) in [6.45, 7) is -0.169. The minimum absolute atomic E-state index is 0.0312. The van der Waals surface area contributed by atoms with Gasteiger partial charge in [-0.25, -0.2) is 5.43 Å². The number of anilines is 1. The fraction of sp³-hybridized carbons (Fsp3) is 0.0417. The number of nitrogens with zero attached hydrogens (tertiary/aromatic N) is 2. The van der Waals surface area contributed by atoms with E-state index in [1.807, 2.05) is 18.2 Å². The monoisotopic (exact) mass is 536 g/mol. The quantitative estimate of drug-likeness (QED) is 0.187. The van der Waals surface area contributed by atoms with Gasteiger partial charge in [0.2, 0.25) is 0 Å². The molecule has 10 nitrogen and oxygen atoms in total. The number of carbonyl (C=O) groups is 2. The number of hydrogen-bond donors (Lipinski definition) is 2. The molecule has 3 aromatic carbocycles. The van der Waals surface area contributed by atoms with Gasteiger partial charge in [-0.05, 0) is 64.0 Å². The number of amides is 2. The molecule has 11 heteroatoms. The molecule has 0 aliphatic rings. The number of halogens is 1. The van der Waals surface area contributed by atoms with Crippen LogP contribution in [-0.2, 0) is 4.79 Å². The normalized spacial score (nSPS) is 10.9. The van der Waals surface area contributed by atoms with Gasteiger partial charge < -0.3 is 14.5 Å². The van der Waals surface area contributed by atoms with Crippen molar-refractivity contribution in [3.05, 3.63) is 98.7 Å². The summed E-state index contributed by atoms with van der Waals surface area (Å²) in [6, 6.07) is 19.6. The number of para-hydroxylation sites is 1. The standard InChI is InChI=1S/C24H17BrN4O6/c25-19-10-15(6-8-21(19)34-14-23(30)27-17-4-2-1-3-5-17)13-26-28-24(31)22-12-16-11-18(29(32)33)7-9-20(16)35-22/h1-13H,14H2,(H,27,30)(H,28,31)/b26-13+. The highest BCUT2D eigenvalue weighted by Gasteiger charge is 2.14. The predicted molar refractivity (Wildman–Crippen MR) is 133 cm³/mol. The van der Waals surface area contributed by atoms with E-state index >= 15 is 0 Å². The molecule has 0 bridgehead atoms. The first-order valence-electron chi connectivity index (χ1n) is 10.2. The number of hydrogen-bond acceptors (Lipinski definition) is 7. The summed E-state index contributed by atoms with van der Waals surface area (Å²) in [4.78, 5) is 34.7. The van der Waals surface area contributed by atoms with Crippen LogP contribution in [0.4, 0.5) is 11.4 Å². The third-order valence-electron chi connectivity index (χ3n) is 4.69. The second-order valence-electron chi connectivity index (χ2n) is 7.18. The number of non-ortho nitro benzene ring substituents is 1. The van der Waals surface area contributed by atoms with Gasteiger partial charge in [0.25, 0.3) is 11.6 Å². The third kappa shape index (κ3) is 6.09. The Morgan fingerprint density at radius 1 is 1.09 bits per heavy atom. The SMILES string of the molecule is O=C(COc1ccc(/C=N/NC(=O)c2cc3cc([N+](=O)[O-])ccc3o2)cc1Br)Nc1ccccc1. The van der Waals surface area contributed by atoms with Crippen LogP contribution >= 0.6 is 15.9 Å². The first-order chi connectivity index (χ1) is 16.9. The summed E-state index contributed by atoms with van der Waals surface area (Å²) >= 11 is 3.39. The van der Waals surface area contributed by atoms with Crippen molar-refractivity contribution in [1.82, 2.24) is 5.43 Å². The van der Waals surface area contributed by atoms with Gasteiger partial charge in [0.05, 0.1) is 15.6 Å². The van der Waals surface area contributed by atoms with Crippen LogP contribution in [0.1, 0.15) is 16.1 Å². The molecule has 0 saturated heterocycles. The number of nitrogens with one attached hydrogen (secondary N) is 2. The lowest BCUT2D eigenvalue weighted by Crippen LogP contribution is -2.20. The number of ether oxygens (including phenoxy) is 1. The number of furan rings is 1. The molecule has 4 rings (SSSR count). The molecule has 2 N–H and O–H groups in total. The zero-order chi connectivity index (χ0) is 24.8. The zero-order valence-electron chi connectivity index (χ0n) is 17.9. The van der Waals surface area contributed by atoms with Crippen molar-refractivity contribution in [3.63, 3.8) is 0 Å². The topological polar surface area (TPSA) is 136 Å². The van der Waals surface area contributed by atoms with Gasteiger partial charge in [-0.15, -0.1) is 0 Å². The van der Waals surface area contributed by atoms with Crippen molar-refractivity contribution >= 4 is 56.3 Å². The van der Waals surface area contributed by atoms with E-state index in [0.29, 0.717) is 32.4 Å². The van der Waals surface area contributed by atoms with Crippen LogP contribution in [0.15, 0.2) is 86.8 Å². The van der Waals surface area contributed by atoms with E-state index in [0.717, 1.165) is 0 Å². The fourth-order valence-electron chi connectivity index (χ4n) is 3.05. The molecule has 0 fully saturated rings. The molecule has 0 spiro atoms. The van der Waals surface area contributed by atoms with Crippen LogP contribution in [0.3, 0.4) is 0 Å². The molecule has 176 valence electrons. The molecule has 0 saturated carbocycles. The van der Waals surface area contributed by atoms with Crippen LogP contribution in [-0.4, -0.2) is 29.6 Å². The lowest BCUT2D eigenvalue weighted by Gasteiger charge is -2.09. The number of carbonyl (C=O) groups excluding carboxylic acids is 2. The summed E-state index contributed by atoms with van der Waals surface area (Å²) in [5.74, 6) is -0.470. The minimum Gasteiger partial charge on any atom is -0.483 e. The Kier molecular flexibility index (Phi) is 7.17. The molecule has 0 unspecified atom stereocenters. The molecule has 0 radical (unpaired) electrons. The summed E-state index contributed by atoms with van der Waals surface area (Å²) in [7, 11) is 0. The van der Waals surface area contributed by atoms with Gasteiger partial charge in [-0.2, -0.15) is 5.10 Å². The zero-order valence-corrected chi connectivity index (χ0v) is 19.5. The van der Waals surface area contributed by atoms with Crippen molar-refractivity contribution in [2.45, 2.75) is 0 Å². The van der Waals surface area contributed by atoms with Gasteiger partial charge >= 0.3 is 5.91 Å². The Bertz CT molecular complexity index is 1430. The van der Waals surface area contributed by atoms with Gasteiger partial charge in [-0.1, -0.05) is 18.2 Å². The molecule has 35 heavy (non-hydrogen) atoms. The molecule has 1 heterocycles. The Hall–Kier alpha value is -4.51. The first-order valence-corrected chi connectivity index (χ1v) is 11.0. The molecule has 1 aromatic heterocycles. The average Bonchev–Trinajstić information content (AvgIpc) is 3.28. The van der Waals surface area contributed by atoms with Crippen LogP contribution in [0.2, 0.25) is 0 Å². The maximum atomic E-state index is 12.3. The maximum Gasteiger partial charge on any atom is 0.307 e. The van der Waals surface area contributed by atoms with Crippen molar-refractivity contribution in [2.24, 2.45) is 5.10 Å². The minimum atomic E-state index is -0.608. The van der Waals surface area contributed by atoms with Crippen molar-refractivity contribution in [3.8, 4) is 5.75 Å². The highest BCUT2D eigenvalue weighted by atomic mass is 79.9. The van der Waals surface area contributed by atoms with Crippen molar-refractivity contribution < 1.29 is 23.7 Å². The molecule has 0 aliphatic heterocycles. The summed E-state index contributed by atoms with van der Waals surface area (Å²) < 4.78 is 11.6. The largest absolute Gasteiger partial charge is 0.483 e. The Morgan fingerprint density at radius 3 is 2.63 bits per heavy atom. The Balaban J connectivity index is 1.32. The summed E-state index contributed by atoms with van der Waals surface area (Å²) in [6.07, 6.45) is 1.42. The smallest absolute Gasteiger partial charge is 0.307 e. The van der Waals surface area contributed by atoms with E-state index in [9.17, 15) is 19.7 Å². The summed E-state index contributed by atoms with van der Waals surface area (Å²) in [5.41, 5.74) is 3.93. The van der Waals surface area contributed by atoms with Gasteiger partial charge in [0.1, 0.15) is 11.3 Å². The van der Waals surface area contributed by atoms with Crippen LogP contribution in [0.25, 0.3) is 11.0 Å². The number of fused-ring (bicyclic) bond motifs is 1. The van der Waals surface area contributed by atoms with E-state index in [1.165, 1.54) is 30.5 Å². The van der Waals surface area contributed by atoms with Crippen LogP contribution < -0.4 is 15.5 Å². The first kappa shape index (κ1) is 23.6. The molecule has 0 aliphatic carbocycles. The Morgan fingerprint density at radius 2 is 1.89 bits per heavy atom. The summed E-state index contributed by atoms with van der Waals surface area (Å²) in [5, 5.41) is 18.0. The fourth-order valence-corrected chi connectivity index (χ4v) is 3.56. The highest BCUT2D eigenvalue weighted by Crippen LogP contribution is 2.26. The number of hydrazone groups is 1. The molecule has 0 atom stereocenters. The maximum absolute atomic E-state index is 12.3. The number of nitro benzene ring substituents is 1. The molecular weight excluding hydrogens is 520 g/mol.